The minimum Gasteiger partial charge on any atom is -0.456 e. The van der Waals surface area contributed by atoms with Crippen LogP contribution in [-0.2, 0) is 4.79 Å². The number of hydrogen-bond donors (Lipinski definition) is 5. The van der Waals surface area contributed by atoms with Crippen molar-refractivity contribution in [2.24, 2.45) is 11.5 Å². The lowest BCUT2D eigenvalue weighted by Crippen LogP contribution is -2.38. The van der Waals surface area contributed by atoms with Crippen LogP contribution in [-0.4, -0.2) is 29.6 Å². The summed E-state index contributed by atoms with van der Waals surface area (Å²) in [5.41, 5.74) is 11.7. The number of aliphatic hydroxyl groups excluding tert-OH is 1. The fourth-order valence-electron chi connectivity index (χ4n) is 2.96. The number of carbonyl (C=O) groups is 2. The van der Waals surface area contributed by atoms with Gasteiger partial charge in [0.15, 0.2) is 0 Å². The number of benzene rings is 3. The number of ether oxygens (including phenoxy) is 1. The first kappa shape index (κ1) is 23.6. The second kappa shape index (κ2) is 10.1. The van der Waals surface area contributed by atoms with Crippen molar-refractivity contribution in [1.82, 2.24) is 0 Å². The lowest BCUT2D eigenvalue weighted by molar-refractivity contribution is -0.118. The summed E-state index contributed by atoms with van der Waals surface area (Å²) in [5, 5.41) is 14.2. The van der Waals surface area contributed by atoms with E-state index >= 15 is 0 Å². The maximum absolute atomic E-state index is 14.4. The highest BCUT2D eigenvalue weighted by Crippen LogP contribution is 2.34. The number of nitrogens with two attached hydrogens (primary N) is 2. The third-order valence-electron chi connectivity index (χ3n) is 4.57. The second-order valence-electron chi connectivity index (χ2n) is 7.21. The van der Waals surface area contributed by atoms with Gasteiger partial charge in [-0.2, -0.15) is 0 Å². The van der Waals surface area contributed by atoms with Crippen LogP contribution in [0.4, 0.5) is 25.8 Å². The number of rotatable bonds is 8. The fraction of sp³-hybridized carbons (Fsp3) is 0.130. The van der Waals surface area contributed by atoms with Crippen LogP contribution in [0.25, 0.3) is 0 Å². The average Bonchev–Trinajstić information content (AvgIpc) is 2.74. The highest BCUT2D eigenvalue weighted by atomic mass is 19.1. The van der Waals surface area contributed by atoms with E-state index < -0.39 is 36.1 Å². The lowest BCUT2D eigenvalue weighted by atomic mass is 10.1. The lowest BCUT2D eigenvalue weighted by Gasteiger charge is -2.16. The van der Waals surface area contributed by atoms with Crippen LogP contribution in [0.15, 0.2) is 54.6 Å². The van der Waals surface area contributed by atoms with Crippen molar-refractivity contribution in [3.8, 4) is 11.5 Å². The number of aliphatic hydroxyl groups is 1. The largest absolute Gasteiger partial charge is 0.456 e. The Kier molecular flexibility index (Phi) is 7.21. The molecule has 3 rings (SSSR count). The summed E-state index contributed by atoms with van der Waals surface area (Å²) < 4.78 is 34.3. The molecule has 0 aromatic heterocycles. The van der Waals surface area contributed by atoms with E-state index in [4.69, 9.17) is 21.3 Å². The number of hydrogen-bond acceptors (Lipinski definition) is 6. The Balaban J connectivity index is 1.94. The molecule has 0 saturated carbocycles. The van der Waals surface area contributed by atoms with E-state index in [0.717, 1.165) is 12.1 Å². The quantitative estimate of drug-likeness (QED) is 0.353. The van der Waals surface area contributed by atoms with Gasteiger partial charge in [-0.15, -0.1) is 0 Å². The molecule has 0 fully saturated rings. The standard InChI is InChI=1S/C23H22F2N4O4/c1-12-5-6-18(16(25)7-12)29-19-8-13(24)9-20(21(19)22(27)31)33-15-4-2-3-14(10-15)28-23(32)17(26)11-30/h2-10,17,29-30H,11,26H2,1H3,(H2,27,31)(H,28,32). The Hall–Kier alpha value is -4.02. The zero-order valence-electron chi connectivity index (χ0n) is 17.6. The van der Waals surface area contributed by atoms with E-state index in [2.05, 4.69) is 10.6 Å². The maximum Gasteiger partial charge on any atom is 0.254 e. The topological polar surface area (TPSA) is 140 Å². The fourth-order valence-corrected chi connectivity index (χ4v) is 2.96. The van der Waals surface area contributed by atoms with E-state index in [0.29, 0.717) is 11.3 Å². The molecule has 3 aromatic carbocycles. The van der Waals surface area contributed by atoms with E-state index in [-0.39, 0.29) is 28.4 Å². The first-order chi connectivity index (χ1) is 15.7. The smallest absolute Gasteiger partial charge is 0.254 e. The normalized spacial score (nSPS) is 11.5. The van der Waals surface area contributed by atoms with Crippen LogP contribution in [0.2, 0.25) is 0 Å². The minimum absolute atomic E-state index is 0.0181. The number of anilines is 3. The predicted octanol–water partition coefficient (Wildman–Crippen LogP) is 3.17. The van der Waals surface area contributed by atoms with Crippen molar-refractivity contribution in [3.63, 3.8) is 0 Å². The van der Waals surface area contributed by atoms with Gasteiger partial charge in [0.2, 0.25) is 5.91 Å². The summed E-state index contributed by atoms with van der Waals surface area (Å²) in [5.74, 6) is -2.98. The summed E-state index contributed by atoms with van der Waals surface area (Å²) in [4.78, 5) is 24.1. The van der Waals surface area contributed by atoms with Gasteiger partial charge < -0.3 is 31.9 Å². The highest BCUT2D eigenvalue weighted by molar-refractivity contribution is 6.02. The van der Waals surface area contributed by atoms with E-state index in [1.165, 1.54) is 24.3 Å². The van der Waals surface area contributed by atoms with Crippen LogP contribution < -0.4 is 26.8 Å². The molecule has 33 heavy (non-hydrogen) atoms. The average molecular weight is 456 g/mol. The summed E-state index contributed by atoms with van der Waals surface area (Å²) in [6.45, 7) is 1.18. The second-order valence-corrected chi connectivity index (χ2v) is 7.21. The van der Waals surface area contributed by atoms with Gasteiger partial charge in [0.05, 0.1) is 18.0 Å². The van der Waals surface area contributed by atoms with E-state index in [9.17, 15) is 18.4 Å². The van der Waals surface area contributed by atoms with Crippen molar-refractivity contribution >= 4 is 28.9 Å². The Labute approximate surface area is 188 Å². The van der Waals surface area contributed by atoms with Crippen LogP contribution in [0, 0.1) is 18.6 Å². The van der Waals surface area contributed by atoms with Crippen molar-refractivity contribution in [2.75, 3.05) is 17.2 Å². The summed E-state index contributed by atoms with van der Waals surface area (Å²) in [7, 11) is 0. The summed E-state index contributed by atoms with van der Waals surface area (Å²) in [6.07, 6.45) is 0. The van der Waals surface area contributed by atoms with Crippen LogP contribution >= 0.6 is 0 Å². The summed E-state index contributed by atoms with van der Waals surface area (Å²) in [6, 6.07) is 11.2. The minimum atomic E-state index is -1.12. The predicted molar refractivity (Wildman–Crippen MR) is 120 cm³/mol. The van der Waals surface area contributed by atoms with Crippen molar-refractivity contribution in [1.29, 1.82) is 0 Å². The van der Waals surface area contributed by atoms with Crippen LogP contribution in [0.5, 0.6) is 11.5 Å². The van der Waals surface area contributed by atoms with E-state index in [1.807, 2.05) is 0 Å². The van der Waals surface area contributed by atoms with Gasteiger partial charge in [0.1, 0.15) is 34.7 Å². The van der Waals surface area contributed by atoms with Gasteiger partial charge in [0, 0.05) is 17.8 Å². The maximum atomic E-state index is 14.4. The Morgan fingerprint density at radius 2 is 1.85 bits per heavy atom. The van der Waals surface area contributed by atoms with Gasteiger partial charge in [-0.3, -0.25) is 9.59 Å². The number of halogens is 2. The Bertz CT molecular complexity index is 1200. The van der Waals surface area contributed by atoms with Gasteiger partial charge in [-0.05, 0) is 42.8 Å². The Morgan fingerprint density at radius 1 is 1.09 bits per heavy atom. The number of aryl methyl sites for hydroxylation is 1. The number of amides is 2. The first-order valence-electron chi connectivity index (χ1n) is 9.79. The molecule has 172 valence electrons. The van der Waals surface area contributed by atoms with Gasteiger partial charge in [-0.25, -0.2) is 8.78 Å². The molecule has 0 radical (unpaired) electrons. The van der Waals surface area contributed by atoms with Crippen molar-refractivity contribution < 1.29 is 28.2 Å². The molecule has 8 nitrogen and oxygen atoms in total. The SMILES string of the molecule is Cc1ccc(Nc2cc(F)cc(Oc3cccc(NC(=O)C(N)CO)c3)c2C(N)=O)c(F)c1. The number of primary amides is 1. The third kappa shape index (κ3) is 5.82. The molecule has 1 atom stereocenters. The molecule has 2 amide bonds. The van der Waals surface area contributed by atoms with Gasteiger partial charge in [-0.1, -0.05) is 12.1 Å². The summed E-state index contributed by atoms with van der Waals surface area (Å²) >= 11 is 0. The molecule has 1 unspecified atom stereocenters. The van der Waals surface area contributed by atoms with Crippen LogP contribution in [0.3, 0.4) is 0 Å². The molecular weight excluding hydrogens is 434 g/mol. The Morgan fingerprint density at radius 3 is 2.52 bits per heavy atom. The molecule has 0 aliphatic carbocycles. The van der Waals surface area contributed by atoms with Crippen molar-refractivity contribution in [3.05, 3.63) is 77.4 Å². The molecule has 0 bridgehead atoms. The molecule has 0 aliphatic heterocycles. The molecule has 0 saturated heterocycles. The highest BCUT2D eigenvalue weighted by Gasteiger charge is 2.20. The molecule has 0 spiro atoms. The molecule has 3 aromatic rings. The van der Waals surface area contributed by atoms with Gasteiger partial charge >= 0.3 is 0 Å². The van der Waals surface area contributed by atoms with Gasteiger partial charge in [0.25, 0.3) is 5.91 Å². The molecular formula is C23H22F2N4O4. The molecule has 0 heterocycles. The first-order valence-corrected chi connectivity index (χ1v) is 9.79. The zero-order valence-corrected chi connectivity index (χ0v) is 17.6. The molecule has 0 aliphatic rings. The van der Waals surface area contributed by atoms with E-state index in [1.54, 1.807) is 25.1 Å². The van der Waals surface area contributed by atoms with Crippen molar-refractivity contribution in [2.45, 2.75) is 13.0 Å². The van der Waals surface area contributed by atoms with Crippen LogP contribution in [0.1, 0.15) is 15.9 Å². The monoisotopic (exact) mass is 456 g/mol. The molecule has 10 heteroatoms. The number of nitrogens with one attached hydrogen (secondary N) is 2. The number of carbonyl (C=O) groups excluding carboxylic acids is 2. The third-order valence-corrected chi connectivity index (χ3v) is 4.57. The zero-order chi connectivity index (χ0) is 24.1. The molecule has 7 N–H and O–H groups in total.